The minimum Gasteiger partial charge on any atom is -0.493 e. The summed E-state index contributed by atoms with van der Waals surface area (Å²) in [5.74, 6) is 1.02. The molecule has 1 aliphatic rings. The second kappa shape index (κ2) is 5.71. The first-order chi connectivity index (χ1) is 8.80. The van der Waals surface area contributed by atoms with Crippen molar-refractivity contribution in [3.05, 3.63) is 23.3 Å². The molecule has 1 aromatic rings. The van der Waals surface area contributed by atoms with Crippen LogP contribution in [0.1, 0.15) is 17.2 Å². The van der Waals surface area contributed by atoms with Crippen LogP contribution in [0, 0.1) is 11.3 Å². The number of nitriles is 1. The molecule has 0 bridgehead atoms. The molecule has 5 nitrogen and oxygen atoms in total. The van der Waals surface area contributed by atoms with Crippen molar-refractivity contribution in [3.63, 3.8) is 0 Å². The van der Waals surface area contributed by atoms with Crippen LogP contribution in [0.4, 0.5) is 0 Å². The maximum absolute atomic E-state index is 9.15. The molecule has 1 saturated heterocycles. The van der Waals surface area contributed by atoms with Crippen LogP contribution in [0.3, 0.4) is 0 Å². The van der Waals surface area contributed by atoms with Gasteiger partial charge in [-0.05, 0) is 17.7 Å². The molecule has 1 atom stereocenters. The second-order valence-electron chi connectivity index (χ2n) is 3.98. The average Bonchev–Trinajstić information content (AvgIpc) is 2.46. The van der Waals surface area contributed by atoms with E-state index in [2.05, 4.69) is 11.4 Å². The Hall–Kier alpha value is -1.77. The van der Waals surface area contributed by atoms with Gasteiger partial charge in [-0.25, -0.2) is 0 Å². The fourth-order valence-electron chi connectivity index (χ4n) is 2.03. The molecule has 0 aromatic heterocycles. The highest BCUT2D eigenvalue weighted by molar-refractivity contribution is 5.55. The van der Waals surface area contributed by atoms with Gasteiger partial charge in [0.05, 0.1) is 32.5 Å². The SMILES string of the molecule is COc1cc(C2CNCCO2)cc(C#N)c1OC. The van der Waals surface area contributed by atoms with Gasteiger partial charge in [-0.3, -0.25) is 0 Å². The Morgan fingerprint density at radius 2 is 2.22 bits per heavy atom. The molecule has 96 valence electrons. The van der Waals surface area contributed by atoms with Gasteiger partial charge in [-0.15, -0.1) is 0 Å². The third kappa shape index (κ3) is 2.40. The first-order valence-electron chi connectivity index (χ1n) is 5.78. The van der Waals surface area contributed by atoms with Crippen LogP contribution in [0.25, 0.3) is 0 Å². The summed E-state index contributed by atoms with van der Waals surface area (Å²) in [6.45, 7) is 2.26. The number of methoxy groups -OCH3 is 2. The third-order valence-corrected chi connectivity index (χ3v) is 2.92. The Bertz CT molecular complexity index is 462. The van der Waals surface area contributed by atoms with E-state index < -0.39 is 0 Å². The molecule has 0 spiro atoms. The minimum absolute atomic E-state index is 0.0503. The zero-order valence-electron chi connectivity index (χ0n) is 10.5. The van der Waals surface area contributed by atoms with Crippen molar-refractivity contribution in [2.45, 2.75) is 6.10 Å². The largest absolute Gasteiger partial charge is 0.493 e. The predicted molar refractivity (Wildman–Crippen MR) is 65.8 cm³/mol. The van der Waals surface area contributed by atoms with E-state index in [1.54, 1.807) is 13.2 Å². The fourth-order valence-corrected chi connectivity index (χ4v) is 2.03. The molecule has 2 rings (SSSR count). The molecular formula is C13H16N2O3. The number of ether oxygens (including phenoxy) is 3. The number of rotatable bonds is 3. The van der Waals surface area contributed by atoms with Crippen LogP contribution in [-0.4, -0.2) is 33.9 Å². The summed E-state index contributed by atoms with van der Waals surface area (Å²) in [6.07, 6.45) is -0.0503. The Morgan fingerprint density at radius 1 is 1.39 bits per heavy atom. The standard InChI is InChI=1S/C13H16N2O3/c1-16-11-6-9(12-8-15-3-4-18-12)5-10(7-14)13(11)17-2/h5-6,12,15H,3-4,8H2,1-2H3. The summed E-state index contributed by atoms with van der Waals surface area (Å²) in [4.78, 5) is 0. The van der Waals surface area contributed by atoms with Gasteiger partial charge in [0.2, 0.25) is 0 Å². The molecule has 18 heavy (non-hydrogen) atoms. The molecular weight excluding hydrogens is 232 g/mol. The first-order valence-corrected chi connectivity index (χ1v) is 5.78. The van der Waals surface area contributed by atoms with E-state index in [0.29, 0.717) is 23.7 Å². The molecule has 1 N–H and O–H groups in total. The fraction of sp³-hybridized carbons (Fsp3) is 0.462. The molecule has 0 amide bonds. The molecule has 1 aliphatic heterocycles. The summed E-state index contributed by atoms with van der Waals surface area (Å²) in [5, 5.41) is 12.4. The van der Waals surface area contributed by atoms with Crippen LogP contribution in [0.2, 0.25) is 0 Å². The van der Waals surface area contributed by atoms with Crippen LogP contribution < -0.4 is 14.8 Å². The topological polar surface area (TPSA) is 63.5 Å². The predicted octanol–water partition coefficient (Wildman–Crippen LogP) is 1.24. The van der Waals surface area contributed by atoms with Crippen molar-refractivity contribution in [1.29, 1.82) is 5.26 Å². The van der Waals surface area contributed by atoms with Crippen molar-refractivity contribution >= 4 is 0 Å². The molecule has 0 saturated carbocycles. The third-order valence-electron chi connectivity index (χ3n) is 2.92. The van der Waals surface area contributed by atoms with Crippen LogP contribution in [0.5, 0.6) is 11.5 Å². The summed E-state index contributed by atoms with van der Waals surface area (Å²) in [6, 6.07) is 5.77. The van der Waals surface area contributed by atoms with Gasteiger partial charge >= 0.3 is 0 Å². The Labute approximate surface area is 106 Å². The van der Waals surface area contributed by atoms with E-state index in [9.17, 15) is 0 Å². The van der Waals surface area contributed by atoms with E-state index in [0.717, 1.165) is 18.7 Å². The lowest BCUT2D eigenvalue weighted by Crippen LogP contribution is -2.33. The van der Waals surface area contributed by atoms with Gasteiger partial charge in [0, 0.05) is 13.1 Å². The lowest BCUT2D eigenvalue weighted by Gasteiger charge is -2.24. The molecule has 0 radical (unpaired) electrons. The number of benzene rings is 1. The highest BCUT2D eigenvalue weighted by atomic mass is 16.5. The summed E-state index contributed by atoms with van der Waals surface area (Å²) in [5.41, 5.74) is 1.39. The van der Waals surface area contributed by atoms with Crippen LogP contribution in [0.15, 0.2) is 12.1 Å². The molecule has 0 aliphatic carbocycles. The quantitative estimate of drug-likeness (QED) is 0.871. The van der Waals surface area contributed by atoms with E-state index in [4.69, 9.17) is 19.5 Å². The number of morpholine rings is 1. The maximum atomic E-state index is 9.15. The molecule has 5 heteroatoms. The van der Waals surface area contributed by atoms with Crippen molar-refractivity contribution in [3.8, 4) is 17.6 Å². The summed E-state index contributed by atoms with van der Waals surface area (Å²) < 4.78 is 16.1. The van der Waals surface area contributed by atoms with Gasteiger partial charge < -0.3 is 19.5 Å². The normalized spacial score (nSPS) is 19.1. The molecule has 1 aromatic carbocycles. The van der Waals surface area contributed by atoms with Gasteiger partial charge in [0.1, 0.15) is 6.07 Å². The van der Waals surface area contributed by atoms with Crippen LogP contribution >= 0.6 is 0 Å². The maximum Gasteiger partial charge on any atom is 0.178 e. The number of nitrogens with one attached hydrogen (secondary N) is 1. The number of hydrogen-bond donors (Lipinski definition) is 1. The zero-order valence-corrected chi connectivity index (χ0v) is 10.5. The van der Waals surface area contributed by atoms with Crippen molar-refractivity contribution < 1.29 is 14.2 Å². The van der Waals surface area contributed by atoms with Gasteiger partial charge in [0.25, 0.3) is 0 Å². The Morgan fingerprint density at radius 3 is 2.78 bits per heavy atom. The van der Waals surface area contributed by atoms with Crippen molar-refractivity contribution in [1.82, 2.24) is 5.32 Å². The Balaban J connectivity index is 2.39. The monoisotopic (exact) mass is 248 g/mol. The summed E-state index contributed by atoms with van der Waals surface area (Å²) >= 11 is 0. The van der Waals surface area contributed by atoms with Crippen LogP contribution in [-0.2, 0) is 4.74 Å². The van der Waals surface area contributed by atoms with Gasteiger partial charge in [0.15, 0.2) is 11.5 Å². The number of hydrogen-bond acceptors (Lipinski definition) is 5. The number of nitrogens with zero attached hydrogens (tertiary/aromatic N) is 1. The second-order valence-corrected chi connectivity index (χ2v) is 3.98. The Kier molecular flexibility index (Phi) is 4.03. The molecule has 1 unspecified atom stereocenters. The van der Waals surface area contributed by atoms with Crippen molar-refractivity contribution in [2.24, 2.45) is 0 Å². The lowest BCUT2D eigenvalue weighted by atomic mass is 10.0. The van der Waals surface area contributed by atoms with E-state index in [-0.39, 0.29) is 6.10 Å². The molecule has 1 heterocycles. The van der Waals surface area contributed by atoms with Crippen molar-refractivity contribution in [2.75, 3.05) is 33.9 Å². The highest BCUT2D eigenvalue weighted by Crippen LogP contribution is 2.35. The smallest absolute Gasteiger partial charge is 0.178 e. The molecule has 1 fully saturated rings. The average molecular weight is 248 g/mol. The van der Waals surface area contributed by atoms with E-state index in [1.165, 1.54) is 7.11 Å². The zero-order chi connectivity index (χ0) is 13.0. The summed E-state index contributed by atoms with van der Waals surface area (Å²) in [7, 11) is 3.08. The van der Waals surface area contributed by atoms with Gasteiger partial charge in [-0.1, -0.05) is 0 Å². The van der Waals surface area contributed by atoms with E-state index >= 15 is 0 Å². The van der Waals surface area contributed by atoms with E-state index in [1.807, 2.05) is 6.07 Å². The minimum atomic E-state index is -0.0503. The van der Waals surface area contributed by atoms with Gasteiger partial charge in [-0.2, -0.15) is 5.26 Å². The first kappa shape index (κ1) is 12.7. The highest BCUT2D eigenvalue weighted by Gasteiger charge is 2.20. The lowest BCUT2D eigenvalue weighted by molar-refractivity contribution is 0.0275.